The highest BCUT2D eigenvalue weighted by Gasteiger charge is 2.24. The van der Waals surface area contributed by atoms with Gasteiger partial charge in [-0.3, -0.25) is 4.79 Å². The van der Waals surface area contributed by atoms with E-state index in [9.17, 15) is 9.59 Å². The van der Waals surface area contributed by atoms with Crippen LogP contribution < -0.4 is 0 Å². The molecule has 0 radical (unpaired) electrons. The molecule has 1 amide bonds. The molecule has 0 aliphatic carbocycles. The molecule has 5 heteroatoms. The van der Waals surface area contributed by atoms with Crippen molar-refractivity contribution in [2.24, 2.45) is 0 Å². The number of rotatable bonds is 4. The van der Waals surface area contributed by atoms with E-state index in [0.717, 1.165) is 41.5 Å². The van der Waals surface area contributed by atoms with Crippen LogP contribution in [0.4, 0.5) is 0 Å². The first-order valence-electron chi connectivity index (χ1n) is 9.19. The Bertz CT molecular complexity index is 991. The molecule has 2 heterocycles. The number of hydrogen-bond donors (Lipinski definition) is 1. The fourth-order valence-electron chi connectivity index (χ4n) is 3.73. The van der Waals surface area contributed by atoms with Gasteiger partial charge in [0.25, 0.3) is 0 Å². The predicted molar refractivity (Wildman–Crippen MR) is 104 cm³/mol. The maximum atomic E-state index is 12.7. The number of aryl methyl sites for hydroxylation is 1. The van der Waals surface area contributed by atoms with Crippen LogP contribution in [-0.2, 0) is 28.9 Å². The Morgan fingerprint density at radius 3 is 2.74 bits per heavy atom. The number of ether oxygens (including phenoxy) is 1. The van der Waals surface area contributed by atoms with E-state index < -0.39 is 0 Å². The molecule has 5 nitrogen and oxygen atoms in total. The van der Waals surface area contributed by atoms with Crippen LogP contribution in [0.5, 0.6) is 0 Å². The second-order valence-electron chi connectivity index (χ2n) is 6.88. The minimum atomic E-state index is -0.349. The van der Waals surface area contributed by atoms with Gasteiger partial charge >= 0.3 is 5.97 Å². The average Bonchev–Trinajstić information content (AvgIpc) is 3.09. The first kappa shape index (κ1) is 17.3. The SMILES string of the molecule is COC(=O)c1ccc2[nH]c3c(c2c1)CN(C(=O)CCc1ccccc1)CC3. The maximum Gasteiger partial charge on any atom is 0.337 e. The number of benzene rings is 2. The monoisotopic (exact) mass is 362 g/mol. The molecule has 1 aliphatic heterocycles. The summed E-state index contributed by atoms with van der Waals surface area (Å²) in [5, 5.41) is 0.994. The number of nitrogens with one attached hydrogen (secondary N) is 1. The number of hydrogen-bond acceptors (Lipinski definition) is 3. The van der Waals surface area contributed by atoms with Crippen LogP contribution in [0.1, 0.15) is 33.6 Å². The zero-order valence-electron chi connectivity index (χ0n) is 15.3. The number of carbonyl (C=O) groups excluding carboxylic acids is 2. The fraction of sp³-hybridized carbons (Fsp3) is 0.273. The molecule has 1 aromatic heterocycles. The number of carbonyl (C=O) groups is 2. The van der Waals surface area contributed by atoms with Crippen LogP contribution in [0, 0.1) is 0 Å². The van der Waals surface area contributed by atoms with Crippen molar-refractivity contribution in [2.75, 3.05) is 13.7 Å². The normalized spacial score (nSPS) is 13.4. The quantitative estimate of drug-likeness (QED) is 0.723. The van der Waals surface area contributed by atoms with E-state index in [1.165, 1.54) is 12.7 Å². The van der Waals surface area contributed by atoms with E-state index in [1.54, 1.807) is 6.07 Å². The summed E-state index contributed by atoms with van der Waals surface area (Å²) in [6.07, 6.45) is 2.06. The number of nitrogens with zero attached hydrogens (tertiary/aromatic N) is 1. The van der Waals surface area contributed by atoms with Gasteiger partial charge in [-0.1, -0.05) is 30.3 Å². The van der Waals surface area contributed by atoms with E-state index in [2.05, 4.69) is 17.1 Å². The molecule has 138 valence electrons. The van der Waals surface area contributed by atoms with Gasteiger partial charge in [-0.2, -0.15) is 0 Å². The summed E-state index contributed by atoms with van der Waals surface area (Å²) >= 11 is 0. The van der Waals surface area contributed by atoms with Gasteiger partial charge in [-0.05, 0) is 30.2 Å². The third-order valence-corrected chi connectivity index (χ3v) is 5.22. The van der Waals surface area contributed by atoms with Crippen molar-refractivity contribution in [3.05, 3.63) is 70.9 Å². The number of aromatic amines is 1. The van der Waals surface area contributed by atoms with E-state index in [0.29, 0.717) is 18.5 Å². The smallest absolute Gasteiger partial charge is 0.337 e. The van der Waals surface area contributed by atoms with Gasteiger partial charge < -0.3 is 14.6 Å². The summed E-state index contributed by atoms with van der Waals surface area (Å²) in [7, 11) is 1.38. The summed E-state index contributed by atoms with van der Waals surface area (Å²) in [5.74, 6) is -0.179. The Morgan fingerprint density at radius 1 is 1.15 bits per heavy atom. The molecule has 0 unspecified atom stereocenters. The van der Waals surface area contributed by atoms with Crippen molar-refractivity contribution in [3.8, 4) is 0 Å². The molecule has 27 heavy (non-hydrogen) atoms. The lowest BCUT2D eigenvalue weighted by molar-refractivity contribution is -0.132. The van der Waals surface area contributed by atoms with Gasteiger partial charge in [0, 0.05) is 48.1 Å². The van der Waals surface area contributed by atoms with Crippen molar-refractivity contribution < 1.29 is 14.3 Å². The molecule has 2 aromatic carbocycles. The van der Waals surface area contributed by atoms with Crippen molar-refractivity contribution >= 4 is 22.8 Å². The molecule has 0 bridgehead atoms. The van der Waals surface area contributed by atoms with E-state index in [4.69, 9.17) is 4.74 Å². The van der Waals surface area contributed by atoms with Crippen LogP contribution in [0.2, 0.25) is 0 Å². The molecule has 0 saturated heterocycles. The Hall–Kier alpha value is -3.08. The van der Waals surface area contributed by atoms with Gasteiger partial charge in [0.15, 0.2) is 0 Å². The molecule has 0 saturated carbocycles. The lowest BCUT2D eigenvalue weighted by Crippen LogP contribution is -2.35. The second kappa shape index (κ2) is 7.27. The van der Waals surface area contributed by atoms with Crippen LogP contribution in [0.15, 0.2) is 48.5 Å². The van der Waals surface area contributed by atoms with Crippen molar-refractivity contribution in [1.29, 1.82) is 0 Å². The Balaban J connectivity index is 1.52. The van der Waals surface area contributed by atoms with Crippen LogP contribution >= 0.6 is 0 Å². The Morgan fingerprint density at radius 2 is 1.96 bits per heavy atom. The highest BCUT2D eigenvalue weighted by atomic mass is 16.5. The Labute approximate surface area is 157 Å². The molecular weight excluding hydrogens is 340 g/mol. The van der Waals surface area contributed by atoms with Gasteiger partial charge in [0.1, 0.15) is 0 Å². The van der Waals surface area contributed by atoms with Crippen molar-refractivity contribution in [3.63, 3.8) is 0 Å². The topological polar surface area (TPSA) is 62.4 Å². The number of H-pyrrole nitrogens is 1. The minimum Gasteiger partial charge on any atom is -0.465 e. The predicted octanol–water partition coefficient (Wildman–Crippen LogP) is 3.47. The highest BCUT2D eigenvalue weighted by Crippen LogP contribution is 2.29. The summed E-state index contributed by atoms with van der Waals surface area (Å²) in [5.41, 5.74) is 4.96. The fourth-order valence-corrected chi connectivity index (χ4v) is 3.73. The average molecular weight is 362 g/mol. The zero-order valence-corrected chi connectivity index (χ0v) is 15.3. The molecule has 3 aromatic rings. The zero-order chi connectivity index (χ0) is 18.8. The van der Waals surface area contributed by atoms with Crippen LogP contribution in [0.25, 0.3) is 10.9 Å². The maximum absolute atomic E-state index is 12.7. The molecule has 4 rings (SSSR count). The second-order valence-corrected chi connectivity index (χ2v) is 6.88. The summed E-state index contributed by atoms with van der Waals surface area (Å²) in [6, 6.07) is 15.6. The van der Waals surface area contributed by atoms with Crippen LogP contribution in [0.3, 0.4) is 0 Å². The summed E-state index contributed by atoms with van der Waals surface area (Å²) < 4.78 is 4.83. The summed E-state index contributed by atoms with van der Waals surface area (Å²) in [6.45, 7) is 1.30. The number of fused-ring (bicyclic) bond motifs is 3. The summed E-state index contributed by atoms with van der Waals surface area (Å²) in [4.78, 5) is 29.9. The first-order chi connectivity index (χ1) is 13.2. The van der Waals surface area contributed by atoms with Gasteiger partial charge in [-0.15, -0.1) is 0 Å². The van der Waals surface area contributed by atoms with E-state index in [1.807, 2.05) is 35.2 Å². The third-order valence-electron chi connectivity index (χ3n) is 5.22. The highest BCUT2D eigenvalue weighted by molar-refractivity contribution is 5.96. The van der Waals surface area contributed by atoms with Gasteiger partial charge in [0.05, 0.1) is 12.7 Å². The lowest BCUT2D eigenvalue weighted by Gasteiger charge is -2.27. The van der Waals surface area contributed by atoms with Gasteiger partial charge in [-0.25, -0.2) is 4.79 Å². The first-order valence-corrected chi connectivity index (χ1v) is 9.19. The molecule has 0 atom stereocenters. The van der Waals surface area contributed by atoms with Crippen LogP contribution in [-0.4, -0.2) is 35.4 Å². The number of aromatic nitrogens is 1. The molecule has 1 N–H and O–H groups in total. The van der Waals surface area contributed by atoms with Crippen molar-refractivity contribution in [1.82, 2.24) is 9.88 Å². The Kier molecular flexibility index (Phi) is 4.67. The molecule has 1 aliphatic rings. The van der Waals surface area contributed by atoms with Gasteiger partial charge in [0.2, 0.25) is 5.91 Å². The lowest BCUT2D eigenvalue weighted by atomic mass is 10.0. The molecule has 0 spiro atoms. The number of esters is 1. The minimum absolute atomic E-state index is 0.169. The third kappa shape index (κ3) is 3.45. The molecule has 0 fully saturated rings. The number of methoxy groups -OCH3 is 1. The van der Waals surface area contributed by atoms with Crippen molar-refractivity contribution in [2.45, 2.75) is 25.8 Å². The van der Waals surface area contributed by atoms with E-state index >= 15 is 0 Å². The number of amides is 1. The largest absolute Gasteiger partial charge is 0.465 e. The molecular formula is C22H22N2O3. The van der Waals surface area contributed by atoms with E-state index in [-0.39, 0.29) is 11.9 Å². The standard InChI is InChI=1S/C22H22N2O3/c1-27-22(26)16-8-9-19-17(13-16)18-14-24(12-11-20(18)23-19)21(25)10-7-15-5-3-2-4-6-15/h2-6,8-9,13,23H,7,10-12,14H2,1H3.